The van der Waals surface area contributed by atoms with Crippen LogP contribution in [0.2, 0.25) is 0 Å². The molecule has 2 aromatic rings. The molecule has 4 amide bonds. The number of benzene rings is 1. The first-order chi connectivity index (χ1) is 15.0. The first kappa shape index (κ1) is 21.5. The summed E-state index contributed by atoms with van der Waals surface area (Å²) in [5.74, 6) is -1.05. The van der Waals surface area contributed by atoms with E-state index in [0.29, 0.717) is 21.6 Å². The fourth-order valence-electron chi connectivity index (χ4n) is 3.34. The van der Waals surface area contributed by atoms with Crippen molar-refractivity contribution in [1.29, 1.82) is 0 Å². The second-order valence-corrected chi connectivity index (χ2v) is 9.47. The van der Waals surface area contributed by atoms with Gasteiger partial charge in [0, 0.05) is 13.2 Å². The van der Waals surface area contributed by atoms with Crippen molar-refractivity contribution < 1.29 is 19.1 Å². The number of amides is 4. The van der Waals surface area contributed by atoms with E-state index in [4.69, 9.17) is 4.74 Å². The molecule has 0 bridgehead atoms. The highest BCUT2D eigenvalue weighted by Crippen LogP contribution is 2.28. The SMILES string of the molecule is CC1(c2ccccc2)NC(=O)N(NC(=O)CSc2nnc(NCC3CCCO3)s2)C1=O. The Kier molecular flexibility index (Phi) is 6.39. The summed E-state index contributed by atoms with van der Waals surface area (Å²) in [6.45, 7) is 3.07. The molecule has 31 heavy (non-hydrogen) atoms. The van der Waals surface area contributed by atoms with Gasteiger partial charge in [-0.2, -0.15) is 5.01 Å². The molecule has 2 atom stereocenters. The van der Waals surface area contributed by atoms with Crippen LogP contribution >= 0.6 is 23.1 Å². The van der Waals surface area contributed by atoms with Crippen molar-refractivity contribution in [2.75, 3.05) is 24.2 Å². The second kappa shape index (κ2) is 9.20. The molecule has 4 rings (SSSR count). The van der Waals surface area contributed by atoms with Crippen LogP contribution in [0.3, 0.4) is 0 Å². The van der Waals surface area contributed by atoms with Gasteiger partial charge in [-0.25, -0.2) is 4.79 Å². The Balaban J connectivity index is 1.28. The number of carbonyl (C=O) groups is 3. The maximum Gasteiger partial charge on any atom is 0.344 e. The molecule has 1 aromatic carbocycles. The first-order valence-electron chi connectivity index (χ1n) is 9.79. The number of imide groups is 1. The van der Waals surface area contributed by atoms with Crippen LogP contribution in [0.4, 0.5) is 9.93 Å². The zero-order valence-corrected chi connectivity index (χ0v) is 18.4. The maximum atomic E-state index is 12.8. The van der Waals surface area contributed by atoms with Crippen LogP contribution in [0.15, 0.2) is 34.7 Å². The van der Waals surface area contributed by atoms with Crippen LogP contribution in [0, 0.1) is 0 Å². The third-order valence-corrected chi connectivity index (χ3v) is 7.03. The second-order valence-electron chi connectivity index (χ2n) is 7.27. The maximum absolute atomic E-state index is 12.8. The van der Waals surface area contributed by atoms with Crippen LogP contribution in [0.1, 0.15) is 25.3 Å². The smallest absolute Gasteiger partial charge is 0.344 e. The van der Waals surface area contributed by atoms with Crippen molar-refractivity contribution in [3.63, 3.8) is 0 Å². The molecule has 2 fully saturated rings. The van der Waals surface area contributed by atoms with E-state index in [1.807, 2.05) is 6.07 Å². The highest BCUT2D eigenvalue weighted by Gasteiger charge is 2.49. The van der Waals surface area contributed by atoms with Crippen molar-refractivity contribution >= 4 is 46.1 Å². The zero-order valence-electron chi connectivity index (χ0n) is 16.8. The van der Waals surface area contributed by atoms with E-state index in [2.05, 4.69) is 26.3 Å². The lowest BCUT2D eigenvalue weighted by Crippen LogP contribution is -2.48. The highest BCUT2D eigenvalue weighted by molar-refractivity contribution is 8.01. The highest BCUT2D eigenvalue weighted by atomic mass is 32.2. The standard InChI is InChI=1S/C19H22N6O4S2/c1-19(12-6-3-2-4-7-12)15(27)25(17(28)21-19)24-14(26)11-30-18-23-22-16(31-18)20-10-13-8-5-9-29-13/h2-4,6-7,13H,5,8-11H2,1H3,(H,20,22)(H,21,28)(H,24,26). The number of carbonyl (C=O) groups excluding carboxylic acids is 3. The Morgan fingerprint density at radius 1 is 1.35 bits per heavy atom. The molecule has 2 saturated heterocycles. The summed E-state index contributed by atoms with van der Waals surface area (Å²) in [6, 6.07) is 8.21. The molecule has 12 heteroatoms. The van der Waals surface area contributed by atoms with Gasteiger partial charge >= 0.3 is 6.03 Å². The lowest BCUT2D eigenvalue weighted by molar-refractivity contribution is -0.138. The number of ether oxygens (including phenoxy) is 1. The van der Waals surface area contributed by atoms with E-state index in [0.717, 1.165) is 24.5 Å². The minimum Gasteiger partial charge on any atom is -0.376 e. The van der Waals surface area contributed by atoms with Crippen molar-refractivity contribution in [2.45, 2.75) is 35.7 Å². The van der Waals surface area contributed by atoms with Crippen LogP contribution in [-0.4, -0.2) is 58.1 Å². The lowest BCUT2D eigenvalue weighted by atomic mass is 9.92. The number of thioether (sulfide) groups is 1. The van der Waals surface area contributed by atoms with Crippen LogP contribution in [0.5, 0.6) is 0 Å². The summed E-state index contributed by atoms with van der Waals surface area (Å²) in [5.41, 5.74) is 1.78. The zero-order chi connectivity index (χ0) is 21.8. The molecule has 2 unspecified atom stereocenters. The molecule has 10 nitrogen and oxygen atoms in total. The number of anilines is 1. The Labute approximate surface area is 187 Å². The van der Waals surface area contributed by atoms with Gasteiger partial charge in [0.05, 0.1) is 11.9 Å². The average Bonchev–Trinajstić information content (AvgIpc) is 3.50. The summed E-state index contributed by atoms with van der Waals surface area (Å²) in [6.07, 6.45) is 2.29. The molecule has 164 valence electrons. The van der Waals surface area contributed by atoms with E-state index >= 15 is 0 Å². The van der Waals surface area contributed by atoms with Gasteiger partial charge in [0.15, 0.2) is 4.34 Å². The molecule has 1 aromatic heterocycles. The Bertz CT molecular complexity index is 965. The lowest BCUT2D eigenvalue weighted by Gasteiger charge is -2.22. The Hall–Kier alpha value is -2.70. The van der Waals surface area contributed by atoms with Crippen molar-refractivity contribution in [2.24, 2.45) is 0 Å². The number of hydrogen-bond donors (Lipinski definition) is 3. The van der Waals surface area contributed by atoms with Crippen molar-refractivity contribution in [1.82, 2.24) is 25.9 Å². The normalized spacial score (nSPS) is 23.1. The van der Waals surface area contributed by atoms with Crippen molar-refractivity contribution in [3.8, 4) is 0 Å². The summed E-state index contributed by atoms with van der Waals surface area (Å²) in [5, 5.41) is 15.3. The van der Waals surface area contributed by atoms with E-state index in [9.17, 15) is 14.4 Å². The topological polar surface area (TPSA) is 126 Å². The minimum absolute atomic E-state index is 0.0144. The third-order valence-electron chi connectivity index (χ3n) is 5.02. The van der Waals surface area contributed by atoms with Gasteiger partial charge in [0.1, 0.15) is 5.54 Å². The molecule has 0 saturated carbocycles. The van der Waals surface area contributed by atoms with Gasteiger partial charge in [-0.05, 0) is 25.3 Å². The molecular weight excluding hydrogens is 440 g/mol. The summed E-state index contributed by atoms with van der Waals surface area (Å²) < 4.78 is 6.16. The summed E-state index contributed by atoms with van der Waals surface area (Å²) >= 11 is 2.51. The van der Waals surface area contributed by atoms with Crippen molar-refractivity contribution in [3.05, 3.63) is 35.9 Å². The molecule has 0 radical (unpaired) electrons. The number of nitrogens with one attached hydrogen (secondary N) is 3. The fourth-order valence-corrected chi connectivity index (χ4v) is 4.89. The monoisotopic (exact) mass is 462 g/mol. The van der Waals surface area contributed by atoms with Gasteiger partial charge in [-0.3, -0.25) is 15.0 Å². The average molecular weight is 463 g/mol. The van der Waals surface area contributed by atoms with Crippen LogP contribution in [0.25, 0.3) is 0 Å². The predicted molar refractivity (Wildman–Crippen MR) is 115 cm³/mol. The van der Waals surface area contributed by atoms with Crippen LogP contribution < -0.4 is 16.1 Å². The Morgan fingerprint density at radius 3 is 2.90 bits per heavy atom. The predicted octanol–water partition coefficient (Wildman–Crippen LogP) is 1.72. The number of urea groups is 1. The third kappa shape index (κ3) is 4.81. The molecule has 2 aliphatic heterocycles. The first-order valence-corrected chi connectivity index (χ1v) is 11.6. The molecule has 0 aliphatic carbocycles. The molecule has 2 aliphatic rings. The number of hydrogen-bond acceptors (Lipinski definition) is 9. The fraction of sp³-hybridized carbons (Fsp3) is 0.421. The molecular formula is C19H22N6O4S2. The summed E-state index contributed by atoms with van der Waals surface area (Å²) in [4.78, 5) is 37.5. The van der Waals surface area contributed by atoms with Crippen LogP contribution in [-0.2, 0) is 19.9 Å². The summed E-state index contributed by atoms with van der Waals surface area (Å²) in [7, 11) is 0. The molecule has 3 N–H and O–H groups in total. The van der Waals surface area contributed by atoms with E-state index < -0.39 is 23.4 Å². The van der Waals surface area contributed by atoms with Gasteiger partial charge in [0.25, 0.3) is 5.91 Å². The van der Waals surface area contributed by atoms with Gasteiger partial charge < -0.3 is 15.4 Å². The minimum atomic E-state index is -1.23. The Morgan fingerprint density at radius 2 is 2.16 bits per heavy atom. The molecule has 3 heterocycles. The molecule has 0 spiro atoms. The quantitative estimate of drug-likeness (QED) is 0.400. The number of rotatable bonds is 8. The van der Waals surface area contributed by atoms with E-state index in [-0.39, 0.29) is 11.9 Å². The number of nitrogens with zero attached hydrogens (tertiary/aromatic N) is 3. The largest absolute Gasteiger partial charge is 0.376 e. The van der Waals surface area contributed by atoms with Gasteiger partial charge in [0.2, 0.25) is 11.0 Å². The van der Waals surface area contributed by atoms with Gasteiger partial charge in [-0.15, -0.1) is 10.2 Å². The number of aromatic nitrogens is 2. The number of hydrazine groups is 1. The van der Waals surface area contributed by atoms with E-state index in [1.165, 1.54) is 23.1 Å². The van der Waals surface area contributed by atoms with E-state index in [1.54, 1.807) is 31.2 Å². The van der Waals surface area contributed by atoms with Gasteiger partial charge in [-0.1, -0.05) is 53.4 Å².